The number of rotatable bonds is 2. The molecule has 0 radical (unpaired) electrons. The maximum absolute atomic E-state index is 11.0. The van der Waals surface area contributed by atoms with Crippen LogP contribution in [-0.2, 0) is 4.79 Å². The Balaban J connectivity index is 1.96. The predicted molar refractivity (Wildman–Crippen MR) is 66.9 cm³/mol. The highest BCUT2D eigenvalue weighted by Crippen LogP contribution is 2.34. The van der Waals surface area contributed by atoms with Crippen molar-refractivity contribution in [3.05, 3.63) is 0 Å². The van der Waals surface area contributed by atoms with Crippen LogP contribution in [-0.4, -0.2) is 45.6 Å². The summed E-state index contributed by atoms with van der Waals surface area (Å²) in [5.74, 6) is 0.535. The Hall–Kier alpha value is -0.220. The number of thioether (sulfide) groups is 1. The Morgan fingerprint density at radius 1 is 1.38 bits per heavy atom. The minimum Gasteiger partial charge on any atom is -0.481 e. The molecule has 0 aromatic rings. The molecule has 2 aliphatic heterocycles. The van der Waals surface area contributed by atoms with Gasteiger partial charge in [0.15, 0.2) is 0 Å². The molecule has 2 fully saturated rings. The Labute approximate surface area is 102 Å². The van der Waals surface area contributed by atoms with Crippen LogP contribution in [0.25, 0.3) is 0 Å². The molecule has 4 unspecified atom stereocenters. The van der Waals surface area contributed by atoms with E-state index in [4.69, 9.17) is 5.11 Å². The highest BCUT2D eigenvalue weighted by Gasteiger charge is 2.37. The molecule has 0 bridgehead atoms. The van der Waals surface area contributed by atoms with E-state index in [-0.39, 0.29) is 5.92 Å². The van der Waals surface area contributed by atoms with Gasteiger partial charge in [-0.2, -0.15) is 11.8 Å². The molecule has 0 aliphatic carbocycles. The van der Waals surface area contributed by atoms with E-state index in [2.05, 4.69) is 30.5 Å². The first kappa shape index (κ1) is 12.2. The fourth-order valence-electron chi connectivity index (χ4n) is 3.06. The highest BCUT2D eigenvalue weighted by molar-refractivity contribution is 8.00. The summed E-state index contributed by atoms with van der Waals surface area (Å²) in [6.07, 6.45) is 2.92. The number of carboxylic acids is 1. The van der Waals surface area contributed by atoms with Gasteiger partial charge in [0.05, 0.1) is 5.92 Å². The van der Waals surface area contributed by atoms with E-state index in [1.54, 1.807) is 0 Å². The van der Waals surface area contributed by atoms with Gasteiger partial charge in [-0.3, -0.25) is 9.69 Å². The van der Waals surface area contributed by atoms with Crippen molar-refractivity contribution in [3.8, 4) is 0 Å². The fraction of sp³-hybridized carbons (Fsp3) is 0.917. The molecule has 0 amide bonds. The number of likely N-dealkylation sites (tertiary alicyclic amines) is 1. The second-order valence-electron chi connectivity index (χ2n) is 5.08. The third-order valence-electron chi connectivity index (χ3n) is 4.04. The van der Waals surface area contributed by atoms with Crippen molar-refractivity contribution in [2.75, 3.05) is 12.3 Å². The Morgan fingerprint density at radius 2 is 2.12 bits per heavy atom. The molecular weight excluding hydrogens is 222 g/mol. The van der Waals surface area contributed by atoms with Crippen molar-refractivity contribution in [2.45, 2.75) is 50.4 Å². The number of hydrogen-bond donors (Lipinski definition) is 1. The van der Waals surface area contributed by atoms with Gasteiger partial charge in [-0.15, -0.1) is 0 Å². The summed E-state index contributed by atoms with van der Waals surface area (Å²) in [4.78, 5) is 13.5. The van der Waals surface area contributed by atoms with E-state index >= 15 is 0 Å². The van der Waals surface area contributed by atoms with Crippen LogP contribution in [0.3, 0.4) is 0 Å². The molecule has 2 saturated heterocycles. The summed E-state index contributed by atoms with van der Waals surface area (Å²) in [6, 6.07) is 1.11. The van der Waals surface area contributed by atoms with Crippen molar-refractivity contribution in [1.82, 2.24) is 4.90 Å². The smallest absolute Gasteiger partial charge is 0.306 e. The molecule has 2 heterocycles. The Kier molecular flexibility index (Phi) is 3.80. The minimum atomic E-state index is -0.611. The normalized spacial score (nSPS) is 41.1. The summed E-state index contributed by atoms with van der Waals surface area (Å²) < 4.78 is 0. The van der Waals surface area contributed by atoms with Gasteiger partial charge >= 0.3 is 5.97 Å². The summed E-state index contributed by atoms with van der Waals surface area (Å²) in [5.41, 5.74) is 0. The summed E-state index contributed by atoms with van der Waals surface area (Å²) >= 11 is 2.05. The van der Waals surface area contributed by atoms with Crippen molar-refractivity contribution in [2.24, 2.45) is 5.92 Å². The molecule has 92 valence electrons. The third kappa shape index (κ3) is 2.38. The van der Waals surface area contributed by atoms with Gasteiger partial charge in [0.1, 0.15) is 0 Å². The molecule has 3 nitrogen and oxygen atoms in total. The zero-order valence-electron chi connectivity index (χ0n) is 10.1. The zero-order valence-corrected chi connectivity index (χ0v) is 10.9. The number of nitrogens with zero attached hydrogens (tertiary/aromatic N) is 1. The number of carboxylic acid groups (broad SMARTS) is 1. The van der Waals surface area contributed by atoms with E-state index in [1.807, 2.05) is 0 Å². The molecule has 2 aliphatic rings. The predicted octanol–water partition coefficient (Wildman–Crippen LogP) is 2.07. The molecule has 1 N–H and O–H groups in total. The molecule has 0 saturated carbocycles. The molecule has 16 heavy (non-hydrogen) atoms. The topological polar surface area (TPSA) is 40.5 Å². The molecule has 0 aromatic carbocycles. The number of hydrogen-bond acceptors (Lipinski definition) is 3. The first-order valence-corrected chi connectivity index (χ1v) is 7.24. The van der Waals surface area contributed by atoms with E-state index in [0.29, 0.717) is 17.3 Å². The summed E-state index contributed by atoms with van der Waals surface area (Å²) in [6.45, 7) is 5.46. The maximum Gasteiger partial charge on any atom is 0.306 e. The van der Waals surface area contributed by atoms with E-state index in [1.165, 1.54) is 12.2 Å². The van der Waals surface area contributed by atoms with Gasteiger partial charge in [-0.05, 0) is 38.5 Å². The van der Waals surface area contributed by atoms with Crippen LogP contribution in [0, 0.1) is 5.92 Å². The number of carbonyl (C=O) groups is 1. The van der Waals surface area contributed by atoms with Crippen LogP contribution in [0.2, 0.25) is 0 Å². The monoisotopic (exact) mass is 243 g/mol. The maximum atomic E-state index is 11.0. The van der Waals surface area contributed by atoms with Crippen LogP contribution in [0.1, 0.15) is 33.1 Å². The molecule has 0 aromatic heterocycles. The Bertz CT molecular complexity index is 272. The second kappa shape index (κ2) is 4.96. The van der Waals surface area contributed by atoms with E-state index in [0.717, 1.165) is 19.4 Å². The highest BCUT2D eigenvalue weighted by atomic mass is 32.2. The summed E-state index contributed by atoms with van der Waals surface area (Å²) in [7, 11) is 0. The van der Waals surface area contributed by atoms with Crippen LogP contribution in [0.5, 0.6) is 0 Å². The van der Waals surface area contributed by atoms with Gasteiger partial charge in [0.25, 0.3) is 0 Å². The first-order valence-electron chi connectivity index (χ1n) is 6.19. The molecular formula is C12H21NO2S. The van der Waals surface area contributed by atoms with Gasteiger partial charge in [0.2, 0.25) is 0 Å². The fourth-order valence-corrected chi connectivity index (χ4v) is 4.33. The summed E-state index contributed by atoms with van der Waals surface area (Å²) in [5, 5.41) is 9.75. The zero-order chi connectivity index (χ0) is 11.7. The number of piperidine rings is 1. The lowest BCUT2D eigenvalue weighted by molar-refractivity contribution is -0.144. The number of aliphatic carboxylic acids is 1. The van der Waals surface area contributed by atoms with Crippen LogP contribution >= 0.6 is 11.8 Å². The van der Waals surface area contributed by atoms with Crippen LogP contribution in [0.4, 0.5) is 0 Å². The lowest BCUT2D eigenvalue weighted by Crippen LogP contribution is -2.50. The Morgan fingerprint density at radius 3 is 2.62 bits per heavy atom. The molecule has 2 rings (SSSR count). The molecule has 0 spiro atoms. The third-order valence-corrected chi connectivity index (χ3v) is 5.35. The molecule has 4 heteroatoms. The standard InChI is InChI=1S/C12H21NO2S/c1-8-7-10(12(14)15)3-5-13(8)11-4-6-16-9(11)2/h8-11H,3-7H2,1-2H3,(H,14,15). The average Bonchev–Trinajstić information content (AvgIpc) is 2.64. The van der Waals surface area contributed by atoms with Crippen LogP contribution < -0.4 is 0 Å². The lowest BCUT2D eigenvalue weighted by atomic mass is 9.90. The van der Waals surface area contributed by atoms with Gasteiger partial charge in [-0.25, -0.2) is 0 Å². The van der Waals surface area contributed by atoms with Crippen LogP contribution in [0.15, 0.2) is 0 Å². The van der Waals surface area contributed by atoms with Crippen molar-refractivity contribution < 1.29 is 9.90 Å². The van der Waals surface area contributed by atoms with Crippen molar-refractivity contribution in [1.29, 1.82) is 0 Å². The first-order chi connectivity index (χ1) is 7.59. The SMILES string of the molecule is CC1SCCC1N1CCC(C(=O)O)CC1C. The van der Waals surface area contributed by atoms with Gasteiger partial charge in [-0.1, -0.05) is 6.92 Å². The van der Waals surface area contributed by atoms with Crippen molar-refractivity contribution >= 4 is 17.7 Å². The van der Waals surface area contributed by atoms with E-state index in [9.17, 15) is 4.79 Å². The average molecular weight is 243 g/mol. The van der Waals surface area contributed by atoms with Gasteiger partial charge < -0.3 is 5.11 Å². The quantitative estimate of drug-likeness (QED) is 0.806. The largest absolute Gasteiger partial charge is 0.481 e. The lowest BCUT2D eigenvalue weighted by Gasteiger charge is -2.41. The second-order valence-corrected chi connectivity index (χ2v) is 6.56. The van der Waals surface area contributed by atoms with Crippen molar-refractivity contribution in [3.63, 3.8) is 0 Å². The molecule has 4 atom stereocenters. The van der Waals surface area contributed by atoms with Gasteiger partial charge in [0, 0.05) is 17.3 Å². The van der Waals surface area contributed by atoms with E-state index < -0.39 is 5.97 Å². The minimum absolute atomic E-state index is 0.115.